The first-order valence-electron chi connectivity index (χ1n) is 5.92. The van der Waals surface area contributed by atoms with Gasteiger partial charge in [0.25, 0.3) is 0 Å². The van der Waals surface area contributed by atoms with E-state index in [9.17, 15) is 0 Å². The van der Waals surface area contributed by atoms with Crippen molar-refractivity contribution < 1.29 is 4.74 Å². The summed E-state index contributed by atoms with van der Waals surface area (Å²) in [4.78, 5) is 0. The Hall–Kier alpha value is 0.200. The molecule has 17 heavy (non-hydrogen) atoms. The molecule has 2 nitrogen and oxygen atoms in total. The lowest BCUT2D eigenvalue weighted by atomic mass is 10.2. The van der Waals surface area contributed by atoms with Crippen LogP contribution >= 0.6 is 34.5 Å². The molecule has 96 valence electrons. The molecule has 1 N–H and O–H groups in total. The highest BCUT2D eigenvalue weighted by Gasteiger charge is 2.21. The highest BCUT2D eigenvalue weighted by Crippen LogP contribution is 2.34. The normalized spacial score (nSPS) is 17.4. The van der Waals surface area contributed by atoms with Gasteiger partial charge in [-0.05, 0) is 37.3 Å². The van der Waals surface area contributed by atoms with Crippen LogP contribution in [0.3, 0.4) is 0 Å². The van der Waals surface area contributed by atoms with Gasteiger partial charge in [0.1, 0.15) is 0 Å². The largest absolute Gasteiger partial charge is 0.380 e. The van der Waals surface area contributed by atoms with Gasteiger partial charge >= 0.3 is 0 Å². The Balaban J connectivity index is 1.65. The third-order valence-electron chi connectivity index (χ3n) is 2.90. The van der Waals surface area contributed by atoms with Crippen LogP contribution in [-0.2, 0) is 4.74 Å². The van der Waals surface area contributed by atoms with Crippen LogP contribution in [0.5, 0.6) is 0 Å². The molecule has 0 saturated heterocycles. The van der Waals surface area contributed by atoms with E-state index in [4.69, 9.17) is 27.9 Å². The van der Waals surface area contributed by atoms with Crippen molar-refractivity contribution in [2.45, 2.75) is 25.8 Å². The molecule has 0 radical (unpaired) electrons. The number of nitrogens with one attached hydrogen (secondary N) is 1. The Morgan fingerprint density at radius 1 is 1.53 bits per heavy atom. The highest BCUT2D eigenvalue weighted by molar-refractivity contribution is 7.20. The van der Waals surface area contributed by atoms with E-state index < -0.39 is 0 Å². The van der Waals surface area contributed by atoms with Crippen LogP contribution in [-0.4, -0.2) is 19.8 Å². The predicted molar refractivity (Wildman–Crippen MR) is 74.3 cm³/mol. The van der Waals surface area contributed by atoms with Crippen LogP contribution in [0, 0.1) is 5.92 Å². The summed E-state index contributed by atoms with van der Waals surface area (Å²) in [7, 11) is 0. The molecule has 0 aromatic carbocycles. The van der Waals surface area contributed by atoms with Crippen molar-refractivity contribution in [1.29, 1.82) is 0 Å². The molecule has 0 aliphatic heterocycles. The lowest BCUT2D eigenvalue weighted by Crippen LogP contribution is -2.23. The lowest BCUT2D eigenvalue weighted by Gasteiger charge is -2.13. The topological polar surface area (TPSA) is 21.3 Å². The predicted octanol–water partition coefficient (Wildman–Crippen LogP) is 4.13. The fourth-order valence-electron chi connectivity index (χ4n) is 1.64. The monoisotopic (exact) mass is 293 g/mol. The van der Waals surface area contributed by atoms with Gasteiger partial charge in [0.2, 0.25) is 0 Å². The fraction of sp³-hybridized carbons (Fsp3) is 0.667. The van der Waals surface area contributed by atoms with Gasteiger partial charge in [0.05, 0.1) is 15.3 Å². The van der Waals surface area contributed by atoms with Crippen molar-refractivity contribution in [2.24, 2.45) is 5.92 Å². The zero-order chi connectivity index (χ0) is 12.3. The minimum atomic E-state index is 0.218. The fourth-order valence-corrected chi connectivity index (χ4v) is 3.29. The zero-order valence-corrected chi connectivity index (χ0v) is 12.2. The van der Waals surface area contributed by atoms with E-state index in [-0.39, 0.29) is 6.04 Å². The van der Waals surface area contributed by atoms with Crippen molar-refractivity contribution in [3.05, 3.63) is 20.3 Å². The Morgan fingerprint density at radius 3 is 2.88 bits per heavy atom. The van der Waals surface area contributed by atoms with Crippen molar-refractivity contribution >= 4 is 34.5 Å². The number of thiophene rings is 1. The second kappa shape index (κ2) is 6.39. The summed E-state index contributed by atoms with van der Waals surface area (Å²) in [6, 6.07) is 2.15. The smallest absolute Gasteiger partial charge is 0.0991 e. The van der Waals surface area contributed by atoms with Crippen molar-refractivity contribution in [3.8, 4) is 0 Å². The van der Waals surface area contributed by atoms with Gasteiger partial charge in [-0.25, -0.2) is 0 Å². The van der Waals surface area contributed by atoms with Gasteiger partial charge in [-0.15, -0.1) is 11.3 Å². The van der Waals surface area contributed by atoms with Gasteiger partial charge in [-0.2, -0.15) is 0 Å². The van der Waals surface area contributed by atoms with Gasteiger partial charge in [0.15, 0.2) is 0 Å². The molecule has 1 aromatic rings. The van der Waals surface area contributed by atoms with Gasteiger partial charge in [0, 0.05) is 19.2 Å². The molecule has 2 rings (SSSR count). The molecule has 1 aromatic heterocycles. The maximum Gasteiger partial charge on any atom is 0.0991 e. The van der Waals surface area contributed by atoms with Crippen molar-refractivity contribution in [2.75, 3.05) is 19.8 Å². The molecule has 0 spiro atoms. The molecule has 1 saturated carbocycles. The minimum absolute atomic E-state index is 0.218. The highest BCUT2D eigenvalue weighted by atomic mass is 35.5. The summed E-state index contributed by atoms with van der Waals surface area (Å²) in [5, 5.41) is 3.39. The zero-order valence-electron chi connectivity index (χ0n) is 9.84. The molecular formula is C12H17Cl2NOS. The molecule has 0 amide bonds. The van der Waals surface area contributed by atoms with Crippen molar-refractivity contribution in [3.63, 3.8) is 0 Å². The maximum atomic E-state index is 6.09. The van der Waals surface area contributed by atoms with E-state index in [2.05, 4.69) is 12.2 Å². The molecule has 1 aliphatic rings. The van der Waals surface area contributed by atoms with Crippen LogP contribution in [0.4, 0.5) is 0 Å². The van der Waals surface area contributed by atoms with Gasteiger partial charge < -0.3 is 10.1 Å². The Morgan fingerprint density at radius 2 is 2.29 bits per heavy atom. The summed E-state index contributed by atoms with van der Waals surface area (Å²) >= 11 is 13.4. The first-order chi connectivity index (χ1) is 8.16. The van der Waals surface area contributed by atoms with Crippen LogP contribution in [0.15, 0.2) is 6.07 Å². The summed E-state index contributed by atoms with van der Waals surface area (Å²) in [6.07, 6.45) is 2.68. The van der Waals surface area contributed by atoms with E-state index in [1.54, 1.807) is 0 Å². The number of hydrogen-bond donors (Lipinski definition) is 1. The molecular weight excluding hydrogens is 277 g/mol. The van der Waals surface area contributed by atoms with Crippen LogP contribution in [0.1, 0.15) is 31.4 Å². The average molecular weight is 294 g/mol. The van der Waals surface area contributed by atoms with Crippen LogP contribution < -0.4 is 5.32 Å². The summed E-state index contributed by atoms with van der Waals surface area (Å²) in [5.41, 5.74) is 1.07. The third-order valence-corrected chi connectivity index (χ3v) is 4.41. The Labute approximate surface area is 116 Å². The number of rotatable bonds is 7. The molecule has 1 unspecified atom stereocenters. The van der Waals surface area contributed by atoms with E-state index in [1.807, 2.05) is 6.07 Å². The number of halogens is 2. The van der Waals surface area contributed by atoms with E-state index in [1.165, 1.54) is 24.2 Å². The van der Waals surface area contributed by atoms with Gasteiger partial charge in [-0.3, -0.25) is 0 Å². The molecule has 5 heteroatoms. The standard InChI is InChI=1S/C12H17Cl2NOS/c1-8(10-6-11(13)17-12(10)14)15-4-5-16-7-9-2-3-9/h6,8-9,15H,2-5,7H2,1H3. The summed E-state index contributed by atoms with van der Waals surface area (Å²) in [6.45, 7) is 4.61. The number of hydrogen-bond acceptors (Lipinski definition) is 3. The third kappa shape index (κ3) is 4.42. The second-order valence-electron chi connectivity index (χ2n) is 4.47. The van der Waals surface area contributed by atoms with Crippen LogP contribution in [0.25, 0.3) is 0 Å². The molecule has 0 bridgehead atoms. The Kier molecular flexibility index (Phi) is 5.12. The first kappa shape index (κ1) is 13.6. The first-order valence-corrected chi connectivity index (χ1v) is 7.50. The molecule has 1 aliphatic carbocycles. The summed E-state index contributed by atoms with van der Waals surface area (Å²) < 4.78 is 7.07. The summed E-state index contributed by atoms with van der Waals surface area (Å²) in [5.74, 6) is 0.831. The minimum Gasteiger partial charge on any atom is -0.380 e. The van der Waals surface area contributed by atoms with Crippen LogP contribution in [0.2, 0.25) is 8.67 Å². The van der Waals surface area contributed by atoms with Crippen molar-refractivity contribution in [1.82, 2.24) is 5.32 Å². The quantitative estimate of drug-likeness (QED) is 0.763. The molecule has 1 fully saturated rings. The Bertz CT molecular complexity index is 365. The van der Waals surface area contributed by atoms with Gasteiger partial charge in [-0.1, -0.05) is 23.2 Å². The molecule has 1 heterocycles. The lowest BCUT2D eigenvalue weighted by molar-refractivity contribution is 0.124. The van der Waals surface area contributed by atoms with E-state index in [0.717, 1.165) is 39.9 Å². The second-order valence-corrected chi connectivity index (χ2v) is 6.76. The van der Waals surface area contributed by atoms with E-state index >= 15 is 0 Å². The molecule has 1 atom stereocenters. The average Bonchev–Trinajstić information content (AvgIpc) is 3.03. The SMILES string of the molecule is CC(NCCOCC1CC1)c1cc(Cl)sc1Cl. The van der Waals surface area contributed by atoms with E-state index in [0.29, 0.717) is 0 Å². The number of ether oxygens (including phenoxy) is 1. The maximum absolute atomic E-state index is 6.09.